The zero-order valence-electron chi connectivity index (χ0n) is 11.6. The van der Waals surface area contributed by atoms with Gasteiger partial charge in [-0.05, 0) is 26.0 Å². The summed E-state index contributed by atoms with van der Waals surface area (Å²) in [6, 6.07) is 7.44. The summed E-state index contributed by atoms with van der Waals surface area (Å²) in [6.45, 7) is 5.07. The molecule has 0 fully saturated rings. The first-order chi connectivity index (χ1) is 9.61. The minimum absolute atomic E-state index is 0.298. The topological polar surface area (TPSA) is 60.2 Å². The van der Waals surface area contributed by atoms with Crippen LogP contribution in [0.25, 0.3) is 11.3 Å². The van der Waals surface area contributed by atoms with Crippen molar-refractivity contribution in [3.8, 4) is 11.3 Å². The zero-order valence-corrected chi connectivity index (χ0v) is 12.3. The van der Waals surface area contributed by atoms with Gasteiger partial charge in [0.25, 0.3) is 0 Å². The van der Waals surface area contributed by atoms with Gasteiger partial charge in [0.15, 0.2) is 0 Å². The monoisotopic (exact) mass is 295 g/mol. The number of nitrogens with zero attached hydrogens (tertiary/aromatic N) is 3. The zero-order chi connectivity index (χ0) is 14.5. The number of hydrogen-bond donors (Lipinski definition) is 1. The van der Waals surface area contributed by atoms with Crippen molar-refractivity contribution in [3.63, 3.8) is 0 Å². The first-order valence-electron chi connectivity index (χ1n) is 6.53. The molecule has 1 aromatic carbocycles. The number of benzene rings is 1. The minimum Gasteiger partial charge on any atom is -0.389 e. The highest BCUT2D eigenvalue weighted by Crippen LogP contribution is 2.22. The van der Waals surface area contributed by atoms with E-state index in [0.29, 0.717) is 24.8 Å². The molecule has 20 heavy (non-hydrogen) atoms. The molecule has 0 aliphatic carbocycles. The van der Waals surface area contributed by atoms with Crippen LogP contribution in [0.1, 0.15) is 12.6 Å². The quantitative estimate of drug-likeness (QED) is 0.888. The average Bonchev–Trinajstić information content (AvgIpc) is 2.79. The third-order valence-corrected chi connectivity index (χ3v) is 3.25. The van der Waals surface area contributed by atoms with E-state index in [2.05, 4.69) is 10.3 Å². The summed E-state index contributed by atoms with van der Waals surface area (Å²) < 4.78 is 6.87. The largest absolute Gasteiger partial charge is 0.389 e. The van der Waals surface area contributed by atoms with Crippen LogP contribution < -0.4 is 0 Å². The van der Waals surface area contributed by atoms with E-state index in [1.807, 2.05) is 38.1 Å². The van der Waals surface area contributed by atoms with Crippen LogP contribution >= 0.6 is 11.6 Å². The molecule has 1 unspecified atom stereocenters. The van der Waals surface area contributed by atoms with Crippen molar-refractivity contribution in [2.24, 2.45) is 0 Å². The second-order valence-corrected chi connectivity index (χ2v) is 4.96. The predicted molar refractivity (Wildman–Crippen MR) is 77.7 cm³/mol. The lowest BCUT2D eigenvalue weighted by molar-refractivity contribution is 0.0310. The Morgan fingerprint density at radius 2 is 2.05 bits per heavy atom. The van der Waals surface area contributed by atoms with Crippen molar-refractivity contribution in [1.82, 2.24) is 15.0 Å². The van der Waals surface area contributed by atoms with Gasteiger partial charge in [-0.2, -0.15) is 0 Å². The summed E-state index contributed by atoms with van der Waals surface area (Å²) in [5.74, 6) is 0. The van der Waals surface area contributed by atoms with Gasteiger partial charge in [0.1, 0.15) is 5.69 Å². The van der Waals surface area contributed by atoms with Gasteiger partial charge < -0.3 is 9.84 Å². The van der Waals surface area contributed by atoms with Gasteiger partial charge in [-0.1, -0.05) is 28.9 Å². The number of aromatic nitrogens is 3. The maximum atomic E-state index is 9.84. The summed E-state index contributed by atoms with van der Waals surface area (Å²) in [6.07, 6.45) is -0.589. The Kier molecular flexibility index (Phi) is 5.11. The molecular formula is C14H18ClN3O2. The second kappa shape index (κ2) is 6.83. The molecule has 1 aromatic heterocycles. The normalized spacial score (nSPS) is 12.6. The van der Waals surface area contributed by atoms with Crippen LogP contribution in [0.15, 0.2) is 24.3 Å². The fraction of sp³-hybridized carbons (Fsp3) is 0.429. The molecule has 108 valence electrons. The Morgan fingerprint density at radius 1 is 1.35 bits per heavy atom. The van der Waals surface area contributed by atoms with Crippen molar-refractivity contribution in [2.45, 2.75) is 26.5 Å². The highest BCUT2D eigenvalue weighted by Gasteiger charge is 2.13. The van der Waals surface area contributed by atoms with Gasteiger partial charge in [0, 0.05) is 17.2 Å². The number of ether oxygens (including phenoxy) is 1. The van der Waals surface area contributed by atoms with Gasteiger partial charge in [-0.15, -0.1) is 5.10 Å². The lowest BCUT2D eigenvalue weighted by Gasteiger charge is -2.11. The Hall–Kier alpha value is -1.43. The van der Waals surface area contributed by atoms with E-state index >= 15 is 0 Å². The third kappa shape index (κ3) is 3.56. The Morgan fingerprint density at radius 3 is 2.70 bits per heavy atom. The maximum Gasteiger partial charge on any atom is 0.115 e. The van der Waals surface area contributed by atoms with Crippen LogP contribution in [0.2, 0.25) is 5.02 Å². The van der Waals surface area contributed by atoms with Crippen molar-refractivity contribution in [1.29, 1.82) is 0 Å². The van der Waals surface area contributed by atoms with Gasteiger partial charge in [-0.3, -0.25) is 0 Å². The van der Waals surface area contributed by atoms with Gasteiger partial charge in [0.05, 0.1) is 24.9 Å². The Bertz CT molecular complexity index is 554. The van der Waals surface area contributed by atoms with E-state index in [0.717, 1.165) is 17.0 Å². The molecule has 0 radical (unpaired) electrons. The van der Waals surface area contributed by atoms with Crippen LogP contribution in [0.5, 0.6) is 0 Å². The highest BCUT2D eigenvalue weighted by atomic mass is 35.5. The fourth-order valence-electron chi connectivity index (χ4n) is 1.91. The lowest BCUT2D eigenvalue weighted by Crippen LogP contribution is -2.23. The fourth-order valence-corrected chi connectivity index (χ4v) is 2.04. The standard InChI is InChI=1S/C14H18ClN3O2/c1-3-20-9-13(19)8-18-10(2)14(16-17-18)11-4-6-12(15)7-5-11/h4-7,13,19H,3,8-9H2,1-2H3. The smallest absolute Gasteiger partial charge is 0.115 e. The van der Waals surface area contributed by atoms with E-state index in [-0.39, 0.29) is 0 Å². The molecule has 0 aliphatic heterocycles. The first kappa shape index (κ1) is 15.0. The molecule has 2 rings (SSSR count). The van der Waals surface area contributed by atoms with Gasteiger partial charge >= 0.3 is 0 Å². The molecule has 6 heteroatoms. The molecule has 5 nitrogen and oxygen atoms in total. The molecular weight excluding hydrogens is 278 g/mol. The Labute approximate surface area is 123 Å². The molecule has 2 aromatic rings. The van der Waals surface area contributed by atoms with Crippen LogP contribution in [0.3, 0.4) is 0 Å². The number of aliphatic hydroxyl groups excluding tert-OH is 1. The van der Waals surface area contributed by atoms with Crippen molar-refractivity contribution in [3.05, 3.63) is 35.0 Å². The van der Waals surface area contributed by atoms with Crippen LogP contribution in [-0.4, -0.2) is 39.4 Å². The molecule has 0 amide bonds. The molecule has 1 N–H and O–H groups in total. The summed E-state index contributed by atoms with van der Waals surface area (Å²) in [4.78, 5) is 0. The van der Waals surface area contributed by atoms with Gasteiger partial charge in [-0.25, -0.2) is 4.68 Å². The van der Waals surface area contributed by atoms with Crippen LogP contribution in [0, 0.1) is 6.92 Å². The molecule has 0 saturated carbocycles. The minimum atomic E-state index is -0.589. The molecule has 1 heterocycles. The first-order valence-corrected chi connectivity index (χ1v) is 6.91. The Balaban J connectivity index is 2.12. The van der Waals surface area contributed by atoms with Crippen LogP contribution in [-0.2, 0) is 11.3 Å². The number of hydrogen-bond acceptors (Lipinski definition) is 4. The molecule has 1 atom stereocenters. The summed E-state index contributed by atoms with van der Waals surface area (Å²) in [5.41, 5.74) is 2.66. The number of halogens is 1. The van der Waals surface area contributed by atoms with Gasteiger partial charge in [0.2, 0.25) is 0 Å². The maximum absolute atomic E-state index is 9.84. The van der Waals surface area contributed by atoms with E-state index < -0.39 is 6.10 Å². The van der Waals surface area contributed by atoms with Crippen molar-refractivity contribution < 1.29 is 9.84 Å². The molecule has 0 saturated heterocycles. The van der Waals surface area contributed by atoms with E-state index in [1.165, 1.54) is 0 Å². The van der Waals surface area contributed by atoms with E-state index in [4.69, 9.17) is 16.3 Å². The van der Waals surface area contributed by atoms with Crippen molar-refractivity contribution >= 4 is 11.6 Å². The summed E-state index contributed by atoms with van der Waals surface area (Å²) in [7, 11) is 0. The van der Waals surface area contributed by atoms with E-state index in [1.54, 1.807) is 4.68 Å². The third-order valence-electron chi connectivity index (χ3n) is 3.00. The highest BCUT2D eigenvalue weighted by molar-refractivity contribution is 6.30. The molecule has 0 bridgehead atoms. The molecule has 0 aliphatic rings. The second-order valence-electron chi connectivity index (χ2n) is 4.53. The number of aliphatic hydroxyl groups is 1. The van der Waals surface area contributed by atoms with Crippen molar-refractivity contribution in [2.75, 3.05) is 13.2 Å². The molecule has 0 spiro atoms. The van der Waals surface area contributed by atoms with Crippen LogP contribution in [0.4, 0.5) is 0 Å². The summed E-state index contributed by atoms with van der Waals surface area (Å²) >= 11 is 5.87. The SMILES string of the molecule is CCOCC(O)Cn1nnc(-c2ccc(Cl)cc2)c1C. The summed E-state index contributed by atoms with van der Waals surface area (Å²) in [5, 5.41) is 18.8. The number of rotatable bonds is 6. The lowest BCUT2D eigenvalue weighted by atomic mass is 10.1. The average molecular weight is 296 g/mol. The van der Waals surface area contributed by atoms with E-state index in [9.17, 15) is 5.11 Å². The predicted octanol–water partition coefficient (Wildman–Crippen LogP) is 2.30.